The van der Waals surface area contributed by atoms with E-state index in [0.29, 0.717) is 6.42 Å². The van der Waals surface area contributed by atoms with E-state index >= 15 is 0 Å². The van der Waals surface area contributed by atoms with Crippen LogP contribution in [0.1, 0.15) is 23.1 Å². The van der Waals surface area contributed by atoms with Crippen LogP contribution in [0.3, 0.4) is 0 Å². The van der Waals surface area contributed by atoms with Crippen molar-refractivity contribution in [3.05, 3.63) is 29.3 Å². The van der Waals surface area contributed by atoms with Gasteiger partial charge in [-0.05, 0) is 30.9 Å². The molecule has 0 amide bonds. The molecule has 0 aliphatic carbocycles. The number of rotatable bonds is 3. The maximum atomic E-state index is 9.43. The molecule has 1 rings (SSSR count). The summed E-state index contributed by atoms with van der Waals surface area (Å²) in [5.41, 5.74) is 0.966. The molecule has 1 unspecified atom stereocenters. The van der Waals surface area contributed by atoms with Crippen LogP contribution in [0.2, 0.25) is 0 Å². The fourth-order valence-electron chi connectivity index (χ4n) is 0.814. The van der Waals surface area contributed by atoms with Crippen molar-refractivity contribution in [1.82, 2.24) is 4.37 Å². The summed E-state index contributed by atoms with van der Waals surface area (Å²) in [6, 6.07) is 1.90. The second-order valence-corrected chi connectivity index (χ2v) is 3.25. The Bertz CT molecular complexity index is 244. The summed E-state index contributed by atoms with van der Waals surface area (Å²) >= 11 is 1.35. The maximum absolute atomic E-state index is 9.43. The lowest BCUT2D eigenvalue weighted by molar-refractivity contribution is 0.185. The summed E-state index contributed by atoms with van der Waals surface area (Å²) in [6.45, 7) is 5.47. The van der Waals surface area contributed by atoms with E-state index in [4.69, 9.17) is 0 Å². The lowest BCUT2D eigenvalue weighted by Crippen LogP contribution is -1.90. The molecular weight excluding hydrogens is 158 g/mol. The molecule has 0 radical (unpaired) electrons. The molecule has 0 saturated carbocycles. The summed E-state index contributed by atoms with van der Waals surface area (Å²) < 4.78 is 4.07. The molecule has 1 aromatic heterocycles. The summed E-state index contributed by atoms with van der Waals surface area (Å²) in [4.78, 5) is 0.919. The predicted molar refractivity (Wildman–Crippen MR) is 46.6 cm³/mol. The van der Waals surface area contributed by atoms with Gasteiger partial charge in [0.15, 0.2) is 0 Å². The second-order valence-electron chi connectivity index (χ2n) is 2.41. The maximum Gasteiger partial charge on any atom is 0.0932 e. The average Bonchev–Trinajstić information content (AvgIpc) is 2.36. The zero-order chi connectivity index (χ0) is 8.27. The van der Waals surface area contributed by atoms with E-state index in [9.17, 15) is 5.11 Å². The van der Waals surface area contributed by atoms with Crippen LogP contribution in [0.15, 0.2) is 18.7 Å². The zero-order valence-corrected chi connectivity index (χ0v) is 7.27. The van der Waals surface area contributed by atoms with Gasteiger partial charge in [-0.25, -0.2) is 0 Å². The first-order valence-electron chi connectivity index (χ1n) is 3.46. The largest absolute Gasteiger partial charge is 0.387 e. The highest BCUT2D eigenvalue weighted by Crippen LogP contribution is 2.21. The minimum atomic E-state index is -0.418. The Labute approximate surface area is 70.4 Å². The van der Waals surface area contributed by atoms with Crippen molar-refractivity contribution in [3.8, 4) is 0 Å². The van der Waals surface area contributed by atoms with Crippen LogP contribution >= 0.6 is 11.5 Å². The SMILES string of the molecule is C=CCC(O)c1cc(C)ns1. The topological polar surface area (TPSA) is 33.1 Å². The van der Waals surface area contributed by atoms with Crippen molar-refractivity contribution in [3.63, 3.8) is 0 Å². The molecule has 0 spiro atoms. The van der Waals surface area contributed by atoms with Gasteiger partial charge in [0.2, 0.25) is 0 Å². The molecule has 1 heterocycles. The van der Waals surface area contributed by atoms with Gasteiger partial charge in [0, 0.05) is 0 Å². The molecular formula is C8H11NOS. The van der Waals surface area contributed by atoms with Gasteiger partial charge in [-0.3, -0.25) is 0 Å². The number of nitrogens with zero attached hydrogens (tertiary/aromatic N) is 1. The van der Waals surface area contributed by atoms with Crippen LogP contribution < -0.4 is 0 Å². The number of hydrogen-bond acceptors (Lipinski definition) is 3. The smallest absolute Gasteiger partial charge is 0.0932 e. The first-order chi connectivity index (χ1) is 5.24. The van der Waals surface area contributed by atoms with Gasteiger partial charge >= 0.3 is 0 Å². The summed E-state index contributed by atoms with van der Waals surface area (Å²) in [5, 5.41) is 9.43. The van der Waals surface area contributed by atoms with Crippen LogP contribution in [0.25, 0.3) is 0 Å². The van der Waals surface area contributed by atoms with Crippen molar-refractivity contribution < 1.29 is 5.11 Å². The molecule has 60 valence electrons. The van der Waals surface area contributed by atoms with Crippen LogP contribution in [-0.4, -0.2) is 9.48 Å². The average molecular weight is 169 g/mol. The van der Waals surface area contributed by atoms with Gasteiger partial charge < -0.3 is 5.11 Å². The Morgan fingerprint density at radius 1 is 1.91 bits per heavy atom. The fraction of sp³-hybridized carbons (Fsp3) is 0.375. The normalized spacial score (nSPS) is 12.9. The molecule has 1 aromatic rings. The highest BCUT2D eigenvalue weighted by molar-refractivity contribution is 7.05. The molecule has 1 atom stereocenters. The van der Waals surface area contributed by atoms with Crippen LogP contribution in [-0.2, 0) is 0 Å². The molecule has 0 bridgehead atoms. The van der Waals surface area contributed by atoms with Gasteiger partial charge in [0.05, 0.1) is 16.7 Å². The number of aromatic nitrogens is 1. The third-order valence-corrected chi connectivity index (χ3v) is 2.34. The Kier molecular flexibility index (Phi) is 2.79. The molecule has 11 heavy (non-hydrogen) atoms. The van der Waals surface area contributed by atoms with E-state index in [1.807, 2.05) is 13.0 Å². The first-order valence-corrected chi connectivity index (χ1v) is 4.23. The number of aliphatic hydroxyl groups excluding tert-OH is 1. The minimum absolute atomic E-state index is 0.418. The van der Waals surface area contributed by atoms with Gasteiger partial charge in [0.1, 0.15) is 0 Å². The van der Waals surface area contributed by atoms with Crippen molar-refractivity contribution in [1.29, 1.82) is 0 Å². The van der Waals surface area contributed by atoms with Crippen LogP contribution in [0.5, 0.6) is 0 Å². The minimum Gasteiger partial charge on any atom is -0.387 e. The highest BCUT2D eigenvalue weighted by atomic mass is 32.1. The molecule has 0 aromatic carbocycles. The fourth-order valence-corrected chi connectivity index (χ4v) is 1.56. The quantitative estimate of drug-likeness (QED) is 0.702. The number of aryl methyl sites for hydroxylation is 1. The first kappa shape index (κ1) is 8.43. The molecule has 0 fully saturated rings. The Morgan fingerprint density at radius 3 is 3.09 bits per heavy atom. The highest BCUT2D eigenvalue weighted by Gasteiger charge is 2.07. The van der Waals surface area contributed by atoms with E-state index in [1.54, 1.807) is 6.08 Å². The van der Waals surface area contributed by atoms with E-state index in [0.717, 1.165) is 10.6 Å². The van der Waals surface area contributed by atoms with Gasteiger partial charge in [-0.2, -0.15) is 4.37 Å². The standard InChI is InChI=1S/C8H11NOS/c1-3-4-7(10)8-5-6(2)9-11-8/h3,5,7,10H,1,4H2,2H3. The molecule has 0 saturated heterocycles. The lowest BCUT2D eigenvalue weighted by Gasteiger charge is -2.01. The third-order valence-electron chi connectivity index (χ3n) is 1.36. The molecule has 2 nitrogen and oxygen atoms in total. The Hall–Kier alpha value is -0.670. The molecule has 3 heteroatoms. The summed E-state index contributed by atoms with van der Waals surface area (Å²) in [7, 11) is 0. The van der Waals surface area contributed by atoms with Gasteiger partial charge in [-0.1, -0.05) is 6.08 Å². The monoisotopic (exact) mass is 169 g/mol. The third kappa shape index (κ3) is 2.13. The molecule has 0 aliphatic rings. The van der Waals surface area contributed by atoms with Crippen LogP contribution in [0, 0.1) is 6.92 Å². The lowest BCUT2D eigenvalue weighted by atomic mass is 10.2. The summed E-state index contributed by atoms with van der Waals surface area (Å²) in [5.74, 6) is 0. The second kappa shape index (κ2) is 3.64. The van der Waals surface area contributed by atoms with E-state index in [-0.39, 0.29) is 0 Å². The van der Waals surface area contributed by atoms with Crippen molar-refractivity contribution >= 4 is 11.5 Å². The van der Waals surface area contributed by atoms with Gasteiger partial charge in [-0.15, -0.1) is 6.58 Å². The van der Waals surface area contributed by atoms with E-state index in [2.05, 4.69) is 11.0 Å². The number of aliphatic hydroxyl groups is 1. The van der Waals surface area contributed by atoms with E-state index < -0.39 is 6.10 Å². The Balaban J connectivity index is 2.67. The van der Waals surface area contributed by atoms with Crippen molar-refractivity contribution in [2.75, 3.05) is 0 Å². The molecule has 1 N–H and O–H groups in total. The predicted octanol–water partition coefficient (Wildman–Crippen LogP) is 2.06. The van der Waals surface area contributed by atoms with E-state index in [1.165, 1.54) is 11.5 Å². The van der Waals surface area contributed by atoms with Gasteiger partial charge in [0.25, 0.3) is 0 Å². The van der Waals surface area contributed by atoms with Crippen LogP contribution in [0.4, 0.5) is 0 Å². The zero-order valence-electron chi connectivity index (χ0n) is 6.45. The Morgan fingerprint density at radius 2 is 2.64 bits per heavy atom. The molecule has 0 aliphatic heterocycles. The summed E-state index contributed by atoms with van der Waals surface area (Å²) in [6.07, 6.45) is 1.89. The van der Waals surface area contributed by atoms with Crippen molar-refractivity contribution in [2.45, 2.75) is 19.4 Å². The number of hydrogen-bond donors (Lipinski definition) is 1. The van der Waals surface area contributed by atoms with Crippen molar-refractivity contribution in [2.24, 2.45) is 0 Å².